The first-order chi connectivity index (χ1) is 18.4. The van der Waals surface area contributed by atoms with Gasteiger partial charge < -0.3 is 20.4 Å². The summed E-state index contributed by atoms with van der Waals surface area (Å²) in [5.41, 5.74) is 4.21. The van der Waals surface area contributed by atoms with E-state index in [0.717, 1.165) is 21.7 Å². The highest BCUT2D eigenvalue weighted by Crippen LogP contribution is 2.34. The van der Waals surface area contributed by atoms with E-state index in [0.29, 0.717) is 12.8 Å². The van der Waals surface area contributed by atoms with E-state index in [2.05, 4.69) is 10.3 Å². The second-order valence-electron chi connectivity index (χ2n) is 11.3. The van der Waals surface area contributed by atoms with Crippen molar-refractivity contribution in [2.75, 3.05) is 6.54 Å². The summed E-state index contributed by atoms with van der Waals surface area (Å²) in [4.78, 5) is 57.0. The molecular weight excluding hydrogens is 518 g/mol. The van der Waals surface area contributed by atoms with Crippen molar-refractivity contribution in [1.29, 1.82) is 0 Å². The number of Topliss-reactive ketones (excluding diaryl/α,β-unsaturated/α-hetero) is 1. The lowest BCUT2D eigenvalue weighted by Gasteiger charge is -2.34. The topological polar surface area (TPSA) is 137 Å². The minimum absolute atomic E-state index is 0.00724. The Bertz CT molecular complexity index is 1170. The average molecular weight is 558 g/mol. The fourth-order valence-electron chi connectivity index (χ4n) is 4.86. The molecule has 39 heavy (non-hydrogen) atoms. The number of unbranched alkanes of at least 4 members (excludes halogenated alkanes) is 1. The molecular formula is C29H39N3O6S. The number of hydrogen-bond donors (Lipinski definition) is 3. The molecule has 1 aromatic heterocycles. The van der Waals surface area contributed by atoms with Gasteiger partial charge in [-0.25, -0.2) is 4.98 Å². The van der Waals surface area contributed by atoms with Crippen LogP contribution in [0.2, 0.25) is 0 Å². The van der Waals surface area contributed by atoms with Crippen molar-refractivity contribution in [3.05, 3.63) is 41.0 Å². The molecule has 9 nitrogen and oxygen atoms in total. The molecule has 0 radical (unpaired) electrons. The SMILES string of the molecule is Cc1ncsc1-c1ccc(CNC(=O)[C@@H]2C[C@@H](O)CN2C(=O)[C@@H](CC(=O)CCCCC(=O)O)C(C)(C)C)cc1. The van der Waals surface area contributed by atoms with Gasteiger partial charge in [0.05, 0.1) is 22.2 Å². The van der Waals surface area contributed by atoms with Crippen LogP contribution >= 0.6 is 11.3 Å². The Morgan fingerprint density at radius 2 is 1.79 bits per heavy atom. The second kappa shape index (κ2) is 13.3. The van der Waals surface area contributed by atoms with Crippen molar-refractivity contribution in [3.63, 3.8) is 0 Å². The number of aryl methyl sites for hydroxylation is 1. The molecule has 0 bridgehead atoms. The number of benzene rings is 1. The maximum atomic E-state index is 13.7. The van der Waals surface area contributed by atoms with E-state index < -0.39 is 29.4 Å². The van der Waals surface area contributed by atoms with Crippen LogP contribution in [0.25, 0.3) is 10.4 Å². The zero-order valence-corrected chi connectivity index (χ0v) is 23.9. The first kappa shape index (κ1) is 30.4. The Kier molecular flexibility index (Phi) is 10.4. The molecule has 0 aliphatic carbocycles. The first-order valence-corrected chi connectivity index (χ1v) is 14.2. The minimum Gasteiger partial charge on any atom is -0.481 e. The van der Waals surface area contributed by atoms with Crippen molar-refractivity contribution in [3.8, 4) is 10.4 Å². The summed E-state index contributed by atoms with van der Waals surface area (Å²) in [7, 11) is 0. The van der Waals surface area contributed by atoms with Crippen LogP contribution in [0.4, 0.5) is 0 Å². The number of carboxylic acid groups (broad SMARTS) is 1. The molecule has 0 saturated carbocycles. The Morgan fingerprint density at radius 3 is 2.38 bits per heavy atom. The Hall–Kier alpha value is -3.11. The number of rotatable bonds is 12. The number of aliphatic hydroxyl groups excluding tert-OH is 1. The van der Waals surface area contributed by atoms with Gasteiger partial charge in [-0.3, -0.25) is 19.2 Å². The minimum atomic E-state index is -0.898. The molecule has 10 heteroatoms. The fourth-order valence-corrected chi connectivity index (χ4v) is 5.67. The normalized spacial score (nSPS) is 18.1. The summed E-state index contributed by atoms with van der Waals surface area (Å²) in [5, 5.41) is 22.0. The number of aromatic nitrogens is 1. The lowest BCUT2D eigenvalue weighted by molar-refractivity contribution is -0.146. The summed E-state index contributed by atoms with van der Waals surface area (Å²) in [6.45, 7) is 7.93. The number of nitrogens with zero attached hydrogens (tertiary/aromatic N) is 2. The molecule has 3 atom stereocenters. The third-order valence-corrected chi connectivity index (χ3v) is 8.14. The van der Waals surface area contributed by atoms with Gasteiger partial charge in [-0.2, -0.15) is 0 Å². The number of carbonyl (C=O) groups is 4. The highest BCUT2D eigenvalue weighted by Gasteiger charge is 2.44. The van der Waals surface area contributed by atoms with E-state index in [1.165, 1.54) is 4.90 Å². The lowest BCUT2D eigenvalue weighted by atomic mass is 9.76. The number of amides is 2. The highest BCUT2D eigenvalue weighted by atomic mass is 32.1. The first-order valence-electron chi connectivity index (χ1n) is 13.4. The van der Waals surface area contributed by atoms with Crippen LogP contribution in [0.15, 0.2) is 29.8 Å². The number of nitrogens with one attached hydrogen (secondary N) is 1. The molecule has 2 aromatic rings. The molecule has 212 valence electrons. The highest BCUT2D eigenvalue weighted by molar-refractivity contribution is 7.13. The van der Waals surface area contributed by atoms with Crippen molar-refractivity contribution in [2.24, 2.45) is 11.3 Å². The molecule has 1 aliphatic rings. The van der Waals surface area contributed by atoms with E-state index in [4.69, 9.17) is 5.11 Å². The van der Waals surface area contributed by atoms with Crippen molar-refractivity contribution in [2.45, 2.75) is 84.9 Å². The summed E-state index contributed by atoms with van der Waals surface area (Å²) in [6, 6.07) is 7.05. The van der Waals surface area contributed by atoms with Crippen molar-refractivity contribution < 1.29 is 29.4 Å². The van der Waals surface area contributed by atoms with Crippen molar-refractivity contribution in [1.82, 2.24) is 15.2 Å². The molecule has 0 unspecified atom stereocenters. The number of likely N-dealkylation sites (tertiary alicyclic amines) is 1. The third kappa shape index (κ3) is 8.44. The molecule has 0 spiro atoms. The molecule has 1 saturated heterocycles. The summed E-state index contributed by atoms with van der Waals surface area (Å²) in [6.07, 6.45) is 0.411. The third-order valence-electron chi connectivity index (χ3n) is 7.16. The molecule has 1 aromatic carbocycles. The maximum absolute atomic E-state index is 13.7. The summed E-state index contributed by atoms with van der Waals surface area (Å²) < 4.78 is 0. The quantitative estimate of drug-likeness (QED) is 0.336. The average Bonchev–Trinajstić information content (AvgIpc) is 3.48. The van der Waals surface area contributed by atoms with Gasteiger partial charge in [-0.1, -0.05) is 45.0 Å². The number of thiazole rings is 1. The number of aliphatic hydroxyl groups is 1. The largest absolute Gasteiger partial charge is 0.481 e. The van der Waals surface area contributed by atoms with Gasteiger partial charge in [0.25, 0.3) is 0 Å². The summed E-state index contributed by atoms with van der Waals surface area (Å²) in [5.74, 6) is -2.32. The van der Waals surface area contributed by atoms with Crippen LogP contribution in [0.5, 0.6) is 0 Å². The number of hydrogen-bond acceptors (Lipinski definition) is 7. The van der Waals surface area contributed by atoms with Gasteiger partial charge in [0.15, 0.2) is 0 Å². The van der Waals surface area contributed by atoms with E-state index in [9.17, 15) is 24.3 Å². The van der Waals surface area contributed by atoms with Crippen LogP contribution in [-0.4, -0.2) is 62.4 Å². The number of aliphatic carboxylic acids is 1. The van der Waals surface area contributed by atoms with Gasteiger partial charge in [-0.05, 0) is 36.3 Å². The zero-order valence-electron chi connectivity index (χ0n) is 23.1. The molecule has 1 aliphatic heterocycles. The molecule has 3 N–H and O–H groups in total. The fraction of sp³-hybridized carbons (Fsp3) is 0.552. The maximum Gasteiger partial charge on any atom is 0.303 e. The van der Waals surface area contributed by atoms with E-state index >= 15 is 0 Å². The molecule has 3 rings (SSSR count). The number of β-amino-alcohol motifs (C(OH)–C–C–N with tert-alkyl or cyclic N) is 1. The van der Waals surface area contributed by atoms with Crippen LogP contribution in [0.1, 0.15) is 70.6 Å². The predicted octanol–water partition coefficient (Wildman–Crippen LogP) is 3.96. The van der Waals surface area contributed by atoms with Crippen LogP contribution in [0, 0.1) is 18.3 Å². The van der Waals surface area contributed by atoms with Crippen LogP contribution < -0.4 is 5.32 Å². The Balaban J connectivity index is 1.62. The smallest absolute Gasteiger partial charge is 0.303 e. The monoisotopic (exact) mass is 557 g/mol. The van der Waals surface area contributed by atoms with Crippen molar-refractivity contribution >= 4 is 34.9 Å². The van der Waals surface area contributed by atoms with E-state index in [1.54, 1.807) is 11.3 Å². The molecule has 2 amide bonds. The lowest BCUT2D eigenvalue weighted by Crippen LogP contribution is -2.50. The van der Waals surface area contributed by atoms with Gasteiger partial charge >= 0.3 is 5.97 Å². The van der Waals surface area contributed by atoms with Crippen LogP contribution in [-0.2, 0) is 25.7 Å². The van der Waals surface area contributed by atoms with E-state index in [-0.39, 0.29) is 56.4 Å². The van der Waals surface area contributed by atoms with E-state index in [1.807, 2.05) is 57.5 Å². The van der Waals surface area contributed by atoms with Gasteiger partial charge in [0.2, 0.25) is 11.8 Å². The number of carbonyl (C=O) groups excluding carboxylic acids is 3. The molecule has 1 fully saturated rings. The van der Waals surface area contributed by atoms with Gasteiger partial charge in [0.1, 0.15) is 11.8 Å². The van der Waals surface area contributed by atoms with Gasteiger partial charge in [0, 0.05) is 44.7 Å². The van der Waals surface area contributed by atoms with Crippen LogP contribution in [0.3, 0.4) is 0 Å². The zero-order chi connectivity index (χ0) is 28.7. The predicted molar refractivity (Wildman–Crippen MR) is 149 cm³/mol. The number of ketones is 1. The molecule has 2 heterocycles. The standard InChI is InChI=1S/C29H39N3O6S/c1-18-26(39-17-31-18)20-11-9-19(10-12-20)15-30-27(37)24-14-22(34)16-32(24)28(38)23(29(2,3)4)13-21(33)7-5-6-8-25(35)36/h9-12,17,22-24,34H,5-8,13-16H2,1-4H3,(H,30,37)(H,35,36)/t22-,23-,24+/m1/s1. The second-order valence-corrected chi connectivity index (χ2v) is 12.2. The Morgan fingerprint density at radius 1 is 1.13 bits per heavy atom. The summed E-state index contributed by atoms with van der Waals surface area (Å²) >= 11 is 1.58. The number of carboxylic acids is 1. The Labute approximate surface area is 233 Å². The van der Waals surface area contributed by atoms with Gasteiger partial charge in [-0.15, -0.1) is 11.3 Å².